The Morgan fingerprint density at radius 1 is 1.75 bits per heavy atom. The van der Waals surface area contributed by atoms with Crippen molar-refractivity contribution in [3.05, 3.63) is 11.6 Å². The minimum absolute atomic E-state index is 0.232. The first-order valence-corrected chi connectivity index (χ1v) is 4.79. The Labute approximate surface area is 78.3 Å². The molecule has 0 saturated heterocycles. The number of hydrogen-bond acceptors (Lipinski definition) is 3. The monoisotopic (exact) mass is 187 g/mol. The molecule has 0 fully saturated rings. The Kier molecular flexibility index (Phi) is 4.81. The average Bonchev–Trinajstić information content (AvgIpc) is 2.04. The Bertz CT molecular complexity index is 179. The van der Waals surface area contributed by atoms with Crippen molar-refractivity contribution < 1.29 is 0 Å². The summed E-state index contributed by atoms with van der Waals surface area (Å²) in [7, 11) is 1.84. The van der Waals surface area contributed by atoms with E-state index in [1.165, 1.54) is 0 Å². The van der Waals surface area contributed by atoms with E-state index in [-0.39, 0.29) is 10.6 Å². The molecular weight excluding hydrogens is 170 g/mol. The Balaban J connectivity index is 4.15. The van der Waals surface area contributed by atoms with E-state index in [0.717, 1.165) is 6.42 Å². The van der Waals surface area contributed by atoms with Crippen molar-refractivity contribution >= 4 is 17.6 Å². The van der Waals surface area contributed by atoms with Crippen molar-refractivity contribution in [3.63, 3.8) is 0 Å². The van der Waals surface area contributed by atoms with Gasteiger partial charge in [0.15, 0.2) is 0 Å². The zero-order valence-corrected chi connectivity index (χ0v) is 8.66. The molecular formula is C8H17N3S. The minimum atomic E-state index is -0.257. The average molecular weight is 187 g/mol. The highest BCUT2D eigenvalue weighted by molar-refractivity contribution is 8.04. The van der Waals surface area contributed by atoms with Crippen LogP contribution < -0.4 is 11.1 Å². The smallest absolute Gasteiger partial charge is 0.107 e. The number of hydrogen-bond donors (Lipinski definition) is 3. The van der Waals surface area contributed by atoms with Gasteiger partial charge in [-0.3, -0.25) is 5.41 Å². The fourth-order valence-corrected chi connectivity index (χ4v) is 1.39. The standard InChI is InChI=1S/C8H17N3S/c1-4-8(2,7(9)10)12-6-5-11-3/h5-6,11H,4H2,1-3H3,(H3,9,10). The lowest BCUT2D eigenvalue weighted by molar-refractivity contribution is 0.785. The summed E-state index contributed by atoms with van der Waals surface area (Å²) in [6, 6.07) is 0. The van der Waals surface area contributed by atoms with E-state index in [4.69, 9.17) is 11.1 Å². The van der Waals surface area contributed by atoms with Crippen molar-refractivity contribution in [3.8, 4) is 0 Å². The molecule has 4 N–H and O–H groups in total. The lowest BCUT2D eigenvalue weighted by atomic mass is 10.1. The molecule has 1 atom stereocenters. The van der Waals surface area contributed by atoms with Crippen LogP contribution in [-0.4, -0.2) is 17.6 Å². The normalized spacial score (nSPS) is 15.9. The zero-order chi connectivity index (χ0) is 9.61. The van der Waals surface area contributed by atoms with Crippen molar-refractivity contribution in [2.75, 3.05) is 7.05 Å². The lowest BCUT2D eigenvalue weighted by Crippen LogP contribution is -2.36. The maximum absolute atomic E-state index is 7.39. The van der Waals surface area contributed by atoms with Gasteiger partial charge in [-0.05, 0) is 18.8 Å². The molecule has 0 aliphatic carbocycles. The fourth-order valence-electron chi connectivity index (χ4n) is 0.590. The topological polar surface area (TPSA) is 61.9 Å². The second kappa shape index (κ2) is 5.09. The predicted octanol–water partition coefficient (Wildman–Crippen LogP) is 1.51. The number of rotatable bonds is 5. The van der Waals surface area contributed by atoms with Crippen LogP contribution in [0.15, 0.2) is 11.6 Å². The van der Waals surface area contributed by atoms with Crippen LogP contribution in [0.4, 0.5) is 0 Å². The molecule has 0 spiro atoms. The van der Waals surface area contributed by atoms with Gasteiger partial charge < -0.3 is 11.1 Å². The number of nitrogens with two attached hydrogens (primary N) is 1. The number of thioether (sulfide) groups is 1. The molecule has 4 heteroatoms. The van der Waals surface area contributed by atoms with Crippen LogP contribution in [0, 0.1) is 5.41 Å². The van der Waals surface area contributed by atoms with Crippen molar-refractivity contribution in [1.82, 2.24) is 5.32 Å². The Morgan fingerprint density at radius 3 is 2.67 bits per heavy atom. The van der Waals surface area contributed by atoms with E-state index >= 15 is 0 Å². The molecule has 12 heavy (non-hydrogen) atoms. The summed E-state index contributed by atoms with van der Waals surface area (Å²) in [5.74, 6) is 0.232. The fraction of sp³-hybridized carbons (Fsp3) is 0.625. The van der Waals surface area contributed by atoms with Crippen molar-refractivity contribution in [2.45, 2.75) is 25.0 Å². The molecule has 0 aliphatic heterocycles. The summed E-state index contributed by atoms with van der Waals surface area (Å²) in [5.41, 5.74) is 5.47. The van der Waals surface area contributed by atoms with Crippen molar-refractivity contribution in [2.24, 2.45) is 5.73 Å². The molecule has 0 aromatic carbocycles. The van der Waals surface area contributed by atoms with Crippen LogP contribution in [0.25, 0.3) is 0 Å². The molecule has 0 aliphatic rings. The first-order chi connectivity index (χ1) is 5.56. The summed E-state index contributed by atoms with van der Waals surface area (Å²) in [6.45, 7) is 4.00. The van der Waals surface area contributed by atoms with Gasteiger partial charge in [0.25, 0.3) is 0 Å². The van der Waals surface area contributed by atoms with Gasteiger partial charge in [-0.1, -0.05) is 6.92 Å². The molecule has 70 valence electrons. The lowest BCUT2D eigenvalue weighted by Gasteiger charge is -2.23. The highest BCUT2D eigenvalue weighted by atomic mass is 32.2. The third-order valence-corrected chi connectivity index (χ3v) is 3.11. The molecule has 0 bridgehead atoms. The van der Waals surface area contributed by atoms with E-state index in [0.29, 0.717) is 0 Å². The van der Waals surface area contributed by atoms with E-state index in [2.05, 4.69) is 5.32 Å². The first kappa shape index (κ1) is 11.4. The van der Waals surface area contributed by atoms with Crippen LogP contribution in [0.3, 0.4) is 0 Å². The highest BCUT2D eigenvalue weighted by Crippen LogP contribution is 2.28. The van der Waals surface area contributed by atoms with E-state index in [1.807, 2.05) is 32.5 Å². The Morgan fingerprint density at radius 2 is 2.33 bits per heavy atom. The molecule has 1 unspecified atom stereocenters. The summed E-state index contributed by atoms with van der Waals surface area (Å²) < 4.78 is -0.257. The predicted molar refractivity (Wildman–Crippen MR) is 56.4 cm³/mol. The Hall–Kier alpha value is -0.640. The third kappa shape index (κ3) is 3.17. The second-order valence-corrected chi connectivity index (χ2v) is 4.12. The maximum atomic E-state index is 7.39. The van der Waals surface area contributed by atoms with Crippen LogP contribution in [0.2, 0.25) is 0 Å². The molecule has 3 nitrogen and oxygen atoms in total. The minimum Gasteiger partial charge on any atom is -0.394 e. The molecule has 0 saturated carbocycles. The van der Waals surface area contributed by atoms with E-state index in [1.54, 1.807) is 11.8 Å². The van der Waals surface area contributed by atoms with Gasteiger partial charge in [0.1, 0.15) is 5.84 Å². The summed E-state index contributed by atoms with van der Waals surface area (Å²) in [5, 5.41) is 12.2. The van der Waals surface area contributed by atoms with Gasteiger partial charge in [-0.2, -0.15) is 0 Å². The van der Waals surface area contributed by atoms with Crippen LogP contribution in [0.1, 0.15) is 20.3 Å². The van der Waals surface area contributed by atoms with Crippen LogP contribution in [-0.2, 0) is 0 Å². The maximum Gasteiger partial charge on any atom is 0.107 e. The summed E-state index contributed by atoms with van der Waals surface area (Å²) >= 11 is 1.56. The molecule has 0 rings (SSSR count). The highest BCUT2D eigenvalue weighted by Gasteiger charge is 2.24. The van der Waals surface area contributed by atoms with E-state index in [9.17, 15) is 0 Å². The van der Waals surface area contributed by atoms with E-state index < -0.39 is 0 Å². The van der Waals surface area contributed by atoms with Crippen LogP contribution >= 0.6 is 11.8 Å². The molecule has 0 aromatic rings. The quantitative estimate of drug-likeness (QED) is 0.451. The molecule has 0 aromatic heterocycles. The van der Waals surface area contributed by atoms with Gasteiger partial charge in [-0.15, -0.1) is 11.8 Å². The molecule has 0 amide bonds. The van der Waals surface area contributed by atoms with Gasteiger partial charge in [0.2, 0.25) is 0 Å². The summed E-state index contributed by atoms with van der Waals surface area (Å²) in [4.78, 5) is 0. The van der Waals surface area contributed by atoms with Gasteiger partial charge in [0.05, 0.1) is 4.75 Å². The van der Waals surface area contributed by atoms with Gasteiger partial charge in [-0.25, -0.2) is 0 Å². The first-order valence-electron chi connectivity index (χ1n) is 3.91. The third-order valence-electron chi connectivity index (χ3n) is 1.81. The number of amidine groups is 1. The van der Waals surface area contributed by atoms with Gasteiger partial charge >= 0.3 is 0 Å². The SMILES string of the molecule is CCC(C)(SC=CNC)C(=N)N. The largest absolute Gasteiger partial charge is 0.394 e. The molecule has 0 radical (unpaired) electrons. The van der Waals surface area contributed by atoms with Gasteiger partial charge in [0, 0.05) is 13.2 Å². The zero-order valence-electron chi connectivity index (χ0n) is 7.85. The summed E-state index contributed by atoms with van der Waals surface area (Å²) in [6.07, 6.45) is 2.70. The number of nitrogens with one attached hydrogen (secondary N) is 2. The van der Waals surface area contributed by atoms with Crippen LogP contribution in [0.5, 0.6) is 0 Å². The second-order valence-electron chi connectivity index (χ2n) is 2.71. The molecule has 0 heterocycles. The van der Waals surface area contributed by atoms with Crippen molar-refractivity contribution in [1.29, 1.82) is 5.41 Å².